The smallest absolute Gasteiger partial charge is 0.162 e. The maximum Gasteiger partial charge on any atom is 0.162 e. The van der Waals surface area contributed by atoms with E-state index in [2.05, 4.69) is 5.73 Å². The normalized spacial score (nSPS) is 9.29. The second-order valence-corrected chi connectivity index (χ2v) is 4.22. The first-order valence-corrected chi connectivity index (χ1v) is 5.81. The first kappa shape index (κ1) is 13.2. The van der Waals surface area contributed by atoms with Crippen LogP contribution in [-0.2, 0) is 0 Å². The number of carbonyl (C=O) groups is 1. The van der Waals surface area contributed by atoms with Crippen molar-refractivity contribution in [2.75, 3.05) is 18.5 Å². The Labute approximate surface area is 104 Å². The predicted molar refractivity (Wildman–Crippen MR) is 74.1 cm³/mol. The average molecular weight is 249 g/mol. The van der Waals surface area contributed by atoms with Gasteiger partial charge in [0, 0.05) is 16.1 Å². The molecule has 0 saturated heterocycles. The number of rotatable bonds is 2. The fourth-order valence-corrected chi connectivity index (χ4v) is 2.31. The molecule has 0 aliphatic rings. The predicted octanol–water partition coefficient (Wildman–Crippen LogP) is 1.97. The molecule has 0 spiro atoms. The summed E-state index contributed by atoms with van der Waals surface area (Å²) in [4.78, 5) is 12.1. The van der Waals surface area contributed by atoms with Crippen molar-refractivity contribution >= 4 is 29.0 Å². The summed E-state index contributed by atoms with van der Waals surface area (Å²) < 4.78 is 0. The van der Waals surface area contributed by atoms with E-state index in [0.29, 0.717) is 16.3 Å². The monoisotopic (exact) mass is 249 g/mol. The summed E-state index contributed by atoms with van der Waals surface area (Å²) in [5.41, 5.74) is 18.1. The fourth-order valence-electron chi connectivity index (χ4n) is 1.37. The van der Waals surface area contributed by atoms with E-state index >= 15 is 0 Å². The lowest BCUT2D eigenvalue weighted by Gasteiger charge is -2.00. The molecule has 0 atom stereocenters. The van der Waals surface area contributed by atoms with E-state index in [-0.39, 0.29) is 0 Å². The Morgan fingerprint density at radius 3 is 2.29 bits per heavy atom. The number of aldehydes is 1. The molecule has 0 aliphatic heterocycles. The van der Waals surface area contributed by atoms with Crippen molar-refractivity contribution in [2.45, 2.75) is 0 Å². The molecular weight excluding hydrogens is 234 g/mol. The third-order valence-corrected chi connectivity index (χ3v) is 3.23. The van der Waals surface area contributed by atoms with Crippen LogP contribution in [0.15, 0.2) is 30.3 Å². The van der Waals surface area contributed by atoms with Crippen molar-refractivity contribution in [1.29, 1.82) is 0 Å². The van der Waals surface area contributed by atoms with Crippen LogP contribution in [0.2, 0.25) is 0 Å². The molecule has 0 unspecified atom stereocenters. The molecule has 2 aromatic rings. The van der Waals surface area contributed by atoms with Crippen LogP contribution in [0.3, 0.4) is 0 Å². The Hall–Kier alpha value is -1.85. The van der Waals surface area contributed by atoms with Crippen LogP contribution in [0.1, 0.15) is 9.67 Å². The maximum absolute atomic E-state index is 10.7. The Kier molecular flexibility index (Phi) is 4.68. The number of thiophene rings is 1. The van der Waals surface area contributed by atoms with Gasteiger partial charge in [-0.25, -0.2) is 0 Å². The van der Waals surface area contributed by atoms with E-state index in [1.54, 1.807) is 6.07 Å². The van der Waals surface area contributed by atoms with Crippen molar-refractivity contribution in [3.63, 3.8) is 0 Å². The quantitative estimate of drug-likeness (QED) is 0.560. The zero-order chi connectivity index (χ0) is 12.8. The van der Waals surface area contributed by atoms with E-state index < -0.39 is 0 Å². The first-order valence-electron chi connectivity index (χ1n) is 4.99. The highest BCUT2D eigenvalue weighted by Crippen LogP contribution is 2.34. The minimum Gasteiger partial charge on any atom is -0.398 e. The number of anilines is 2. The molecular formula is C12H15N3OS. The van der Waals surface area contributed by atoms with E-state index in [0.717, 1.165) is 16.7 Å². The van der Waals surface area contributed by atoms with Gasteiger partial charge >= 0.3 is 0 Å². The molecule has 2 rings (SSSR count). The second kappa shape index (κ2) is 6.03. The number of hydrogen-bond donors (Lipinski definition) is 3. The molecule has 5 heteroatoms. The van der Waals surface area contributed by atoms with Crippen molar-refractivity contribution in [3.8, 4) is 10.4 Å². The fraction of sp³-hybridized carbons (Fsp3) is 0.0833. The van der Waals surface area contributed by atoms with Crippen LogP contribution in [0, 0.1) is 0 Å². The highest BCUT2D eigenvalue weighted by molar-refractivity contribution is 7.17. The highest BCUT2D eigenvalue weighted by atomic mass is 32.1. The molecule has 90 valence electrons. The molecule has 1 aromatic carbocycles. The van der Waals surface area contributed by atoms with Gasteiger partial charge < -0.3 is 17.2 Å². The van der Waals surface area contributed by atoms with Gasteiger partial charge in [0.05, 0.1) is 10.6 Å². The molecule has 4 nitrogen and oxygen atoms in total. The molecule has 0 radical (unpaired) electrons. The van der Waals surface area contributed by atoms with E-state index in [1.165, 1.54) is 18.4 Å². The van der Waals surface area contributed by atoms with Gasteiger partial charge in [-0.1, -0.05) is 18.2 Å². The maximum atomic E-state index is 10.7. The summed E-state index contributed by atoms with van der Waals surface area (Å²) in [5, 5.41) is 0. The Balaban J connectivity index is 0.000000686. The minimum absolute atomic E-state index is 0.508. The van der Waals surface area contributed by atoms with Crippen LogP contribution in [-0.4, -0.2) is 13.3 Å². The van der Waals surface area contributed by atoms with Gasteiger partial charge in [0.1, 0.15) is 0 Å². The summed E-state index contributed by atoms with van der Waals surface area (Å²) in [7, 11) is 1.50. The van der Waals surface area contributed by atoms with Crippen molar-refractivity contribution in [3.05, 3.63) is 35.2 Å². The third kappa shape index (κ3) is 2.83. The van der Waals surface area contributed by atoms with E-state index in [4.69, 9.17) is 11.5 Å². The van der Waals surface area contributed by atoms with Gasteiger partial charge in [-0.2, -0.15) is 0 Å². The minimum atomic E-state index is 0.508. The summed E-state index contributed by atoms with van der Waals surface area (Å²) in [6.07, 6.45) is 0.766. The second-order valence-electron chi connectivity index (χ2n) is 3.14. The third-order valence-electron chi connectivity index (χ3n) is 2.12. The molecule has 0 amide bonds. The van der Waals surface area contributed by atoms with Crippen LogP contribution < -0.4 is 17.2 Å². The van der Waals surface area contributed by atoms with Crippen molar-refractivity contribution in [1.82, 2.24) is 0 Å². The highest BCUT2D eigenvalue weighted by Gasteiger charge is 2.08. The molecule has 0 aliphatic carbocycles. The van der Waals surface area contributed by atoms with Crippen LogP contribution in [0.25, 0.3) is 10.4 Å². The zero-order valence-corrected chi connectivity index (χ0v) is 10.3. The standard InChI is InChI=1S/C11H10N2OS.CH5N/c12-8-4-2-1-3-7(8)10-5-9(13)11(6-14)15-10;1-2/h1-6H,12-13H2;2H2,1H3. The lowest BCUT2D eigenvalue weighted by molar-refractivity contribution is 0.112. The molecule has 6 N–H and O–H groups in total. The topological polar surface area (TPSA) is 95.1 Å². The number of benzene rings is 1. The van der Waals surface area contributed by atoms with Crippen LogP contribution in [0.5, 0.6) is 0 Å². The first-order chi connectivity index (χ1) is 8.22. The summed E-state index contributed by atoms with van der Waals surface area (Å²) >= 11 is 1.35. The Morgan fingerprint density at radius 2 is 1.76 bits per heavy atom. The molecule has 0 fully saturated rings. The van der Waals surface area contributed by atoms with Gasteiger partial charge in [0.25, 0.3) is 0 Å². The lowest BCUT2D eigenvalue weighted by atomic mass is 10.1. The van der Waals surface area contributed by atoms with Gasteiger partial charge in [0.15, 0.2) is 6.29 Å². The van der Waals surface area contributed by atoms with Crippen molar-refractivity contribution in [2.24, 2.45) is 5.73 Å². The molecule has 1 aromatic heterocycles. The number of hydrogen-bond acceptors (Lipinski definition) is 5. The van der Waals surface area contributed by atoms with Crippen LogP contribution >= 0.6 is 11.3 Å². The molecule has 0 saturated carbocycles. The molecule has 1 heterocycles. The summed E-state index contributed by atoms with van der Waals surface area (Å²) in [6, 6.07) is 9.29. The summed E-state index contributed by atoms with van der Waals surface area (Å²) in [5.74, 6) is 0. The van der Waals surface area contributed by atoms with Gasteiger partial charge in [-0.05, 0) is 19.2 Å². The van der Waals surface area contributed by atoms with Crippen LogP contribution in [0.4, 0.5) is 11.4 Å². The largest absolute Gasteiger partial charge is 0.398 e. The summed E-state index contributed by atoms with van der Waals surface area (Å²) in [6.45, 7) is 0. The number of nitrogens with two attached hydrogens (primary N) is 3. The number of para-hydroxylation sites is 1. The van der Waals surface area contributed by atoms with Crippen molar-refractivity contribution < 1.29 is 4.79 Å². The van der Waals surface area contributed by atoms with E-state index in [9.17, 15) is 4.79 Å². The van der Waals surface area contributed by atoms with Gasteiger partial charge in [0.2, 0.25) is 0 Å². The average Bonchev–Trinajstić information content (AvgIpc) is 2.73. The van der Waals surface area contributed by atoms with Gasteiger partial charge in [-0.15, -0.1) is 11.3 Å². The van der Waals surface area contributed by atoms with Gasteiger partial charge in [-0.3, -0.25) is 4.79 Å². The lowest BCUT2D eigenvalue weighted by Crippen LogP contribution is -1.87. The van der Waals surface area contributed by atoms with E-state index in [1.807, 2.05) is 24.3 Å². The SMILES string of the molecule is CN.Nc1ccccc1-c1cc(N)c(C=O)s1. The zero-order valence-electron chi connectivity index (χ0n) is 9.51. The number of nitrogen functional groups attached to an aromatic ring is 2. The Morgan fingerprint density at radius 1 is 1.12 bits per heavy atom. The number of carbonyl (C=O) groups excluding carboxylic acids is 1. The molecule has 17 heavy (non-hydrogen) atoms. The Bertz CT molecular complexity index is 508. The molecule has 0 bridgehead atoms.